The van der Waals surface area contributed by atoms with Crippen LogP contribution >= 0.6 is 22.7 Å². The molecule has 4 aromatic heterocycles. The molecule has 4 atom stereocenters. The van der Waals surface area contributed by atoms with E-state index in [2.05, 4.69) is 94.7 Å². The molecule has 562 valence electrons. The Bertz CT molecular complexity index is 5100. The molecule has 17 rings (SSSR count). The van der Waals surface area contributed by atoms with Crippen LogP contribution in [0.3, 0.4) is 0 Å². The van der Waals surface area contributed by atoms with Crippen molar-refractivity contribution in [2.24, 2.45) is 0 Å². The number of hydrogen-bond acceptors (Lipinski definition) is 20. The van der Waals surface area contributed by atoms with Crippen molar-refractivity contribution in [1.29, 1.82) is 0 Å². The molecule has 9 heterocycles. The second-order valence-electron chi connectivity index (χ2n) is 27.7. The number of carbonyl (C=O) groups excluding carboxylic acids is 3. The van der Waals surface area contributed by atoms with Gasteiger partial charge in [0.1, 0.15) is 85.0 Å². The zero-order valence-electron chi connectivity index (χ0n) is 60.6. The Morgan fingerprint density at radius 3 is 1.40 bits per heavy atom. The van der Waals surface area contributed by atoms with Crippen molar-refractivity contribution in [3.63, 3.8) is 0 Å². The van der Waals surface area contributed by atoms with Gasteiger partial charge in [-0.2, -0.15) is 0 Å². The number of esters is 1. The van der Waals surface area contributed by atoms with Crippen LogP contribution in [-0.4, -0.2) is 197 Å². The number of likely N-dealkylation sites (tertiary alicyclic amines) is 3. The molecule has 5 saturated heterocycles. The molecule has 5 aliphatic rings. The number of epoxide rings is 2. The number of hydrogen-bond donors (Lipinski definition) is 3. The van der Waals surface area contributed by atoms with Crippen molar-refractivity contribution >= 4 is 110 Å². The normalized spacial score (nSPS) is 17.3. The number of rotatable bonds is 23. The van der Waals surface area contributed by atoms with E-state index in [0.717, 1.165) is 128 Å². The lowest BCUT2D eigenvalue weighted by Crippen LogP contribution is -2.40. The maximum absolute atomic E-state index is 12.5. The number of benzene rings is 8. The summed E-state index contributed by atoms with van der Waals surface area (Å²) >= 11 is 2.98. The molecule has 0 aliphatic carbocycles. The van der Waals surface area contributed by atoms with Crippen LogP contribution in [0.2, 0.25) is 0 Å². The first kappa shape index (κ1) is 74.9. The first-order chi connectivity index (χ1) is 52.7. The molecular weight excluding hydrogens is 1410 g/mol. The Morgan fingerprint density at radius 1 is 0.500 bits per heavy atom. The maximum atomic E-state index is 12.5. The second-order valence-corrected chi connectivity index (χ2v) is 29.9. The first-order valence-corrected chi connectivity index (χ1v) is 38.4. The van der Waals surface area contributed by atoms with Crippen molar-refractivity contribution in [2.75, 3.05) is 113 Å². The minimum atomic E-state index is -1.12. The number of aliphatic hydroxyl groups excluding tert-OH is 2. The van der Waals surface area contributed by atoms with Crippen molar-refractivity contribution in [2.45, 2.75) is 74.8 Å². The molecule has 5 fully saturated rings. The Labute approximate surface area is 633 Å². The molecule has 108 heavy (non-hydrogen) atoms. The lowest BCUT2D eigenvalue weighted by Gasteiger charge is -2.33. The number of methoxy groups -OCH3 is 1. The zero-order chi connectivity index (χ0) is 74.6. The fourth-order valence-corrected chi connectivity index (χ4v) is 16.2. The molecule has 12 aromatic rings. The lowest BCUT2D eigenvalue weighted by atomic mass is 9.88. The van der Waals surface area contributed by atoms with Crippen molar-refractivity contribution in [3.8, 4) is 23.0 Å². The molecule has 0 unspecified atom stereocenters. The number of piperidine rings is 2. The van der Waals surface area contributed by atoms with Gasteiger partial charge in [0.2, 0.25) is 11.5 Å². The van der Waals surface area contributed by atoms with E-state index in [-0.39, 0.29) is 48.8 Å². The number of thiophene rings is 2. The Hall–Kier alpha value is -9.92. The van der Waals surface area contributed by atoms with E-state index in [9.17, 15) is 29.4 Å². The van der Waals surface area contributed by atoms with Gasteiger partial charge in [0, 0.05) is 65.5 Å². The van der Waals surface area contributed by atoms with Gasteiger partial charge in [-0.05, 0) is 170 Å². The minimum Gasteiger partial charge on any atom is -0.490 e. The number of aromatic carboxylic acids is 1. The highest BCUT2D eigenvalue weighted by Gasteiger charge is 2.29. The van der Waals surface area contributed by atoms with E-state index in [1.807, 2.05) is 53.4 Å². The Kier molecular flexibility index (Phi) is 24.3. The molecular formula is C85H88N4O17S2. The van der Waals surface area contributed by atoms with Gasteiger partial charge in [-0.3, -0.25) is 14.4 Å². The number of ether oxygens (including phenoxy) is 7. The number of carboxylic acid groups (broad SMARTS) is 1. The van der Waals surface area contributed by atoms with Gasteiger partial charge >= 0.3 is 11.9 Å². The van der Waals surface area contributed by atoms with Crippen LogP contribution < -0.4 is 18.9 Å². The first-order valence-electron chi connectivity index (χ1n) is 36.7. The standard InChI is InChI=1S/C28H29NO5.C27H27NO5.C16H17NO3S.C14H15NO4S/c1-32-28(31)27-16-24-25(7-4-8-26(24)34-27)33-18-23(30)17-29-13-11-20(12-14-29)22-10-9-19-5-2-3-6-21(19)15-22;29-22(17-32-24-6-3-7-25-23(24)15-26(33-25)27(30)31)16-28-12-10-19(11-13-28)21-9-8-18-4-1-2-5-20(18)14-21;18-16(17-6-1-2-7-17)15-8-12-13(20-10-11-9-19-11)4-3-5-14(12)21-15;1-15(17-2)14(16)13-6-10-11(19-8-9-7-18-9)4-3-5-12(10)20-13/h2-10,15-16,20,23,30H,11-14,17-18H2,1H3;1-9,14-15,19,22,29H,10-13,16-17H2,(H,30,31);3-5,8,11H,1-2,6-7,9-10H2;3-6,9H,7-8H2,1-2H3/t23-;22-;11-;9-/m0000/s1. The fraction of sp³-hybridized carbons (Fsp3) is 0.341. The van der Waals surface area contributed by atoms with Crippen LogP contribution in [0.25, 0.3) is 63.7 Å². The molecule has 0 saturated carbocycles. The van der Waals surface area contributed by atoms with Gasteiger partial charge in [-0.25, -0.2) is 14.7 Å². The lowest BCUT2D eigenvalue weighted by molar-refractivity contribution is -0.0753. The monoisotopic (exact) mass is 1500 g/mol. The van der Waals surface area contributed by atoms with Crippen LogP contribution in [0.5, 0.6) is 23.0 Å². The van der Waals surface area contributed by atoms with Crippen LogP contribution in [0.15, 0.2) is 191 Å². The third-order valence-electron chi connectivity index (χ3n) is 20.2. The Morgan fingerprint density at radius 2 is 0.935 bits per heavy atom. The highest BCUT2D eigenvalue weighted by Crippen LogP contribution is 2.38. The van der Waals surface area contributed by atoms with E-state index in [1.54, 1.807) is 60.8 Å². The number of amides is 2. The topological polar surface area (TPSA) is 249 Å². The SMILES string of the molecule is COC(=O)c1cc2c(OC[C@@H](O)CN3CCC(c4ccc5ccccc5c4)CC3)cccc2o1.CON(C)C(=O)c1cc2c(OC[C@@H]3CO3)cccc2s1.O=C(O)c1cc2c(OC[C@@H](O)CN3CCC(c4ccc5ccccc5c4)CC3)cccc2o1.O=C(c1cc2c(OC[C@@H]3CO3)cccc2s1)N1CCCC1. The number of hydroxylamine groups is 2. The summed E-state index contributed by atoms with van der Waals surface area (Å²) in [4.78, 5) is 60.4. The minimum absolute atomic E-state index is 0.128. The highest BCUT2D eigenvalue weighted by molar-refractivity contribution is 7.21. The Balaban J connectivity index is 0.000000124. The van der Waals surface area contributed by atoms with Crippen LogP contribution in [0, 0.1) is 0 Å². The van der Waals surface area contributed by atoms with Gasteiger partial charge in [0.25, 0.3) is 11.8 Å². The average Bonchev–Trinajstić information content (AvgIpc) is 1.67. The summed E-state index contributed by atoms with van der Waals surface area (Å²) in [5, 5.41) is 39.9. The molecule has 23 heteroatoms. The molecule has 21 nitrogen and oxygen atoms in total. The van der Waals surface area contributed by atoms with Gasteiger partial charge in [-0.1, -0.05) is 109 Å². The number of nitrogens with zero attached hydrogens (tertiary/aromatic N) is 4. The summed E-state index contributed by atoms with van der Waals surface area (Å²) < 4.78 is 51.3. The summed E-state index contributed by atoms with van der Waals surface area (Å²) in [7, 11) is 4.37. The van der Waals surface area contributed by atoms with Crippen LogP contribution in [-0.2, 0) is 19.0 Å². The average molecular weight is 1500 g/mol. The molecule has 3 N–H and O–H groups in total. The van der Waals surface area contributed by atoms with E-state index >= 15 is 0 Å². The van der Waals surface area contributed by atoms with Crippen molar-refractivity contribution < 1.29 is 81.3 Å². The van der Waals surface area contributed by atoms with Gasteiger partial charge < -0.3 is 72.0 Å². The second kappa shape index (κ2) is 35.0. The summed E-state index contributed by atoms with van der Waals surface area (Å²) in [6.07, 6.45) is 5.74. The molecule has 0 spiro atoms. The number of furan rings is 2. The summed E-state index contributed by atoms with van der Waals surface area (Å²) in [6, 6.07) is 59.7. The van der Waals surface area contributed by atoms with Crippen molar-refractivity contribution in [3.05, 3.63) is 214 Å². The number of aliphatic hydroxyl groups is 2. The number of β-amino-alcohol motifs (C(OH)–C–C–N with tert-alkyl or cyclic N) is 2. The van der Waals surface area contributed by atoms with E-state index in [0.29, 0.717) is 76.5 Å². The predicted molar refractivity (Wildman–Crippen MR) is 417 cm³/mol. The van der Waals surface area contributed by atoms with Gasteiger partial charge in [-0.15, -0.1) is 22.7 Å². The molecule has 2 amide bonds. The van der Waals surface area contributed by atoms with E-state index in [1.165, 1.54) is 69.4 Å². The number of fused-ring (bicyclic) bond motifs is 6. The summed E-state index contributed by atoms with van der Waals surface area (Å²) in [6.45, 7) is 9.67. The third-order valence-corrected chi connectivity index (χ3v) is 22.4. The van der Waals surface area contributed by atoms with E-state index in [4.69, 9.17) is 51.9 Å². The highest BCUT2D eigenvalue weighted by atomic mass is 32.1. The van der Waals surface area contributed by atoms with Gasteiger partial charge in [0.15, 0.2) is 0 Å². The molecule has 8 aromatic carbocycles. The van der Waals surface area contributed by atoms with Gasteiger partial charge in [0.05, 0.1) is 48.0 Å². The smallest absolute Gasteiger partial charge is 0.373 e. The molecule has 0 radical (unpaired) electrons. The maximum Gasteiger partial charge on any atom is 0.373 e. The fourth-order valence-electron chi connectivity index (χ4n) is 14.1. The predicted octanol–water partition coefficient (Wildman–Crippen LogP) is 15.1. The largest absolute Gasteiger partial charge is 0.490 e. The summed E-state index contributed by atoms with van der Waals surface area (Å²) in [5.74, 6) is 2.16. The number of carboxylic acids is 1. The van der Waals surface area contributed by atoms with Crippen LogP contribution in [0.1, 0.15) is 102 Å². The number of carbonyl (C=O) groups is 4. The van der Waals surface area contributed by atoms with Crippen LogP contribution in [0.4, 0.5) is 0 Å². The molecule has 0 bridgehead atoms. The van der Waals surface area contributed by atoms with E-state index < -0.39 is 24.1 Å². The zero-order valence-corrected chi connectivity index (χ0v) is 62.2. The molecule has 5 aliphatic heterocycles. The quantitative estimate of drug-likeness (QED) is 0.0306. The third kappa shape index (κ3) is 18.8. The summed E-state index contributed by atoms with van der Waals surface area (Å²) in [5.41, 5.74) is 3.80. The van der Waals surface area contributed by atoms with Crippen molar-refractivity contribution in [1.82, 2.24) is 19.8 Å².